The van der Waals surface area contributed by atoms with Crippen molar-refractivity contribution < 1.29 is 14.0 Å². The SMILES string of the molecule is Cc1nn(C)cc1CCC(=O)N1CCCN(CC(C)C)CCCN(C(=O)CC(C)C)c2ccc(F)cc2C1. The predicted octanol–water partition coefficient (Wildman–Crippen LogP) is 4.96. The van der Waals surface area contributed by atoms with Gasteiger partial charge in [-0.15, -0.1) is 0 Å². The number of carbonyl (C=O) groups excluding carboxylic acids is 2. The molecule has 0 saturated carbocycles. The Morgan fingerprint density at radius 2 is 1.71 bits per heavy atom. The zero-order chi connectivity index (χ0) is 27.8. The summed E-state index contributed by atoms with van der Waals surface area (Å²) in [7, 11) is 1.88. The van der Waals surface area contributed by atoms with Crippen LogP contribution in [0.5, 0.6) is 0 Å². The van der Waals surface area contributed by atoms with Crippen LogP contribution in [0.25, 0.3) is 0 Å². The summed E-state index contributed by atoms with van der Waals surface area (Å²) in [6.07, 6.45) is 5.07. The molecule has 0 N–H and O–H groups in total. The molecule has 0 bridgehead atoms. The van der Waals surface area contributed by atoms with Crippen molar-refractivity contribution in [3.63, 3.8) is 0 Å². The van der Waals surface area contributed by atoms with Gasteiger partial charge in [0.15, 0.2) is 0 Å². The van der Waals surface area contributed by atoms with Crippen molar-refractivity contribution in [2.45, 2.75) is 73.3 Å². The van der Waals surface area contributed by atoms with Gasteiger partial charge < -0.3 is 14.7 Å². The molecule has 2 heterocycles. The second-order valence-electron chi connectivity index (χ2n) is 11.5. The molecule has 8 heteroatoms. The molecule has 210 valence electrons. The van der Waals surface area contributed by atoms with Gasteiger partial charge in [-0.25, -0.2) is 4.39 Å². The third-order valence-corrected chi connectivity index (χ3v) is 7.04. The first-order chi connectivity index (χ1) is 18.0. The summed E-state index contributed by atoms with van der Waals surface area (Å²) in [5, 5.41) is 4.39. The van der Waals surface area contributed by atoms with Crippen molar-refractivity contribution >= 4 is 17.5 Å². The smallest absolute Gasteiger partial charge is 0.227 e. The molecule has 1 aromatic carbocycles. The molecule has 2 aromatic rings. The van der Waals surface area contributed by atoms with Gasteiger partial charge in [-0.3, -0.25) is 14.3 Å². The molecule has 38 heavy (non-hydrogen) atoms. The molecule has 0 unspecified atom stereocenters. The van der Waals surface area contributed by atoms with Crippen LogP contribution in [0.4, 0.5) is 10.1 Å². The van der Waals surface area contributed by atoms with Crippen LogP contribution in [0.3, 0.4) is 0 Å². The molecule has 2 amide bonds. The molecule has 0 aliphatic carbocycles. The third-order valence-electron chi connectivity index (χ3n) is 7.04. The second-order valence-corrected chi connectivity index (χ2v) is 11.5. The van der Waals surface area contributed by atoms with E-state index < -0.39 is 0 Å². The van der Waals surface area contributed by atoms with E-state index in [4.69, 9.17) is 0 Å². The van der Waals surface area contributed by atoms with E-state index in [2.05, 4.69) is 23.8 Å². The lowest BCUT2D eigenvalue weighted by molar-refractivity contribution is -0.131. The molecule has 0 radical (unpaired) electrons. The number of nitrogens with zero attached hydrogens (tertiary/aromatic N) is 5. The number of halogens is 1. The maximum absolute atomic E-state index is 14.5. The topological polar surface area (TPSA) is 61.7 Å². The van der Waals surface area contributed by atoms with Crippen LogP contribution in [0, 0.1) is 24.6 Å². The van der Waals surface area contributed by atoms with Crippen molar-refractivity contribution in [3.05, 3.63) is 47.0 Å². The van der Waals surface area contributed by atoms with Crippen molar-refractivity contribution in [1.29, 1.82) is 0 Å². The quantitative estimate of drug-likeness (QED) is 0.511. The Labute approximate surface area is 228 Å². The summed E-state index contributed by atoms with van der Waals surface area (Å²) in [5.74, 6) is 0.486. The van der Waals surface area contributed by atoms with E-state index >= 15 is 0 Å². The fraction of sp³-hybridized carbons (Fsp3) is 0.633. The van der Waals surface area contributed by atoms with Crippen molar-refractivity contribution in [1.82, 2.24) is 19.6 Å². The first kappa shape index (κ1) is 29.8. The van der Waals surface area contributed by atoms with Crippen LogP contribution in [0.2, 0.25) is 0 Å². The maximum Gasteiger partial charge on any atom is 0.227 e. The Balaban J connectivity index is 1.91. The molecule has 0 atom stereocenters. The summed E-state index contributed by atoms with van der Waals surface area (Å²) in [6.45, 7) is 14.7. The average molecular weight is 528 g/mol. The fourth-order valence-corrected chi connectivity index (χ4v) is 5.32. The lowest BCUT2D eigenvalue weighted by atomic mass is 10.1. The lowest BCUT2D eigenvalue weighted by Crippen LogP contribution is -2.40. The zero-order valence-corrected chi connectivity index (χ0v) is 24.2. The summed E-state index contributed by atoms with van der Waals surface area (Å²) < 4.78 is 16.3. The molecular weight excluding hydrogens is 481 g/mol. The normalized spacial score (nSPS) is 15.9. The number of aryl methyl sites for hydroxylation is 3. The average Bonchev–Trinajstić information content (AvgIpc) is 3.15. The van der Waals surface area contributed by atoms with Gasteiger partial charge in [0.05, 0.1) is 5.69 Å². The highest BCUT2D eigenvalue weighted by Gasteiger charge is 2.24. The van der Waals surface area contributed by atoms with Crippen LogP contribution >= 0.6 is 0 Å². The summed E-state index contributed by atoms with van der Waals surface area (Å²) >= 11 is 0. The van der Waals surface area contributed by atoms with Gasteiger partial charge in [0.1, 0.15) is 5.82 Å². The minimum atomic E-state index is -0.353. The molecule has 0 spiro atoms. The van der Waals surface area contributed by atoms with Crippen molar-refractivity contribution in [2.75, 3.05) is 37.6 Å². The molecule has 1 aromatic heterocycles. The highest BCUT2D eigenvalue weighted by atomic mass is 19.1. The maximum atomic E-state index is 14.5. The largest absolute Gasteiger partial charge is 0.338 e. The van der Waals surface area contributed by atoms with Crippen LogP contribution in [0.15, 0.2) is 24.4 Å². The first-order valence-electron chi connectivity index (χ1n) is 14.1. The van der Waals surface area contributed by atoms with Gasteiger partial charge in [0.25, 0.3) is 0 Å². The van der Waals surface area contributed by atoms with Crippen LogP contribution < -0.4 is 4.90 Å². The van der Waals surface area contributed by atoms with E-state index in [9.17, 15) is 14.0 Å². The number of benzene rings is 1. The number of fused-ring (bicyclic) bond motifs is 1. The van der Waals surface area contributed by atoms with E-state index in [1.54, 1.807) is 10.7 Å². The molecule has 1 aliphatic rings. The van der Waals surface area contributed by atoms with Crippen LogP contribution in [-0.2, 0) is 29.6 Å². The van der Waals surface area contributed by atoms with Crippen molar-refractivity contribution in [3.8, 4) is 0 Å². The third kappa shape index (κ3) is 8.65. The number of hydrogen-bond donors (Lipinski definition) is 0. The predicted molar refractivity (Wildman–Crippen MR) is 150 cm³/mol. The molecule has 0 fully saturated rings. The van der Waals surface area contributed by atoms with Crippen LogP contribution in [-0.4, -0.2) is 64.1 Å². The minimum Gasteiger partial charge on any atom is -0.338 e. The highest BCUT2D eigenvalue weighted by molar-refractivity contribution is 5.94. The molecule has 7 nitrogen and oxygen atoms in total. The van der Waals surface area contributed by atoms with E-state index in [0.29, 0.717) is 49.5 Å². The van der Waals surface area contributed by atoms with Gasteiger partial charge in [-0.2, -0.15) is 5.10 Å². The van der Waals surface area contributed by atoms with E-state index in [1.165, 1.54) is 12.1 Å². The number of amides is 2. The van der Waals surface area contributed by atoms with Gasteiger partial charge in [-0.05, 0) is 80.4 Å². The van der Waals surface area contributed by atoms with Gasteiger partial charge in [-0.1, -0.05) is 27.7 Å². The Morgan fingerprint density at radius 3 is 2.34 bits per heavy atom. The first-order valence-corrected chi connectivity index (χ1v) is 14.1. The standard InChI is InChI=1S/C30H46FN5O2/c1-22(2)17-30(38)36-16-8-14-34(19-23(3)4)13-7-15-35(21-26-18-27(31)10-11-28(26)36)29(37)12-9-25-20-33(6)32-24(25)5/h10-11,18,20,22-23H,7-9,12-17,19,21H2,1-6H3. The van der Waals surface area contributed by atoms with Crippen LogP contribution in [0.1, 0.15) is 70.2 Å². The number of anilines is 1. The van der Waals surface area contributed by atoms with Gasteiger partial charge in [0.2, 0.25) is 11.8 Å². The number of carbonyl (C=O) groups is 2. The summed E-state index contributed by atoms with van der Waals surface area (Å²) in [6, 6.07) is 4.62. The fourth-order valence-electron chi connectivity index (χ4n) is 5.32. The summed E-state index contributed by atoms with van der Waals surface area (Å²) in [5.41, 5.74) is 3.40. The molecule has 0 saturated heterocycles. The lowest BCUT2D eigenvalue weighted by Gasteiger charge is -2.32. The Morgan fingerprint density at radius 1 is 1.00 bits per heavy atom. The Bertz CT molecular complexity index is 1080. The van der Waals surface area contributed by atoms with Gasteiger partial charge in [0, 0.05) is 58.0 Å². The van der Waals surface area contributed by atoms with E-state index in [0.717, 1.165) is 43.7 Å². The second kappa shape index (κ2) is 13.9. The molecule has 1 aliphatic heterocycles. The van der Waals surface area contributed by atoms with E-state index in [1.807, 2.05) is 43.8 Å². The Kier molecular flexibility index (Phi) is 10.9. The van der Waals surface area contributed by atoms with Crippen molar-refractivity contribution in [2.24, 2.45) is 18.9 Å². The zero-order valence-electron chi connectivity index (χ0n) is 24.2. The minimum absolute atomic E-state index is 0.0380. The monoisotopic (exact) mass is 527 g/mol. The number of aromatic nitrogens is 2. The highest BCUT2D eigenvalue weighted by Crippen LogP contribution is 2.26. The Hall–Kier alpha value is -2.74. The molecular formula is C30H46FN5O2. The number of rotatable bonds is 7. The van der Waals surface area contributed by atoms with E-state index in [-0.39, 0.29) is 30.1 Å². The summed E-state index contributed by atoms with van der Waals surface area (Å²) in [4.78, 5) is 33.0. The van der Waals surface area contributed by atoms with Gasteiger partial charge >= 0.3 is 0 Å². The molecule has 3 rings (SSSR count). The number of hydrogen-bond acceptors (Lipinski definition) is 4.